The summed E-state index contributed by atoms with van der Waals surface area (Å²) in [6.45, 7) is 1.76. The number of amides is 1. The van der Waals surface area contributed by atoms with Crippen molar-refractivity contribution in [3.63, 3.8) is 0 Å². The van der Waals surface area contributed by atoms with Crippen LogP contribution in [0, 0.1) is 6.92 Å². The Morgan fingerprint density at radius 1 is 1.39 bits per heavy atom. The van der Waals surface area contributed by atoms with Gasteiger partial charge in [0.2, 0.25) is 5.76 Å². The molecular formula is C12H14N4O2. The number of aryl methyl sites for hydroxylation is 1. The maximum atomic E-state index is 11.8. The highest BCUT2D eigenvalue weighted by Crippen LogP contribution is 2.13. The predicted octanol–water partition coefficient (Wildman–Crippen LogP) is 1.70. The molecule has 2 aromatic rings. The SMILES string of the molecule is Cc1cc(C(=O)Nc2ccc(N(C)C)nc2)on1. The van der Waals surface area contributed by atoms with E-state index in [9.17, 15) is 4.79 Å². The number of hydrogen-bond acceptors (Lipinski definition) is 5. The fraction of sp³-hybridized carbons (Fsp3) is 0.250. The average Bonchev–Trinajstić information content (AvgIpc) is 2.76. The number of aromatic nitrogens is 2. The van der Waals surface area contributed by atoms with E-state index in [2.05, 4.69) is 15.5 Å². The molecule has 0 atom stereocenters. The Balaban J connectivity index is 2.07. The van der Waals surface area contributed by atoms with Gasteiger partial charge in [-0.2, -0.15) is 0 Å². The molecule has 1 amide bonds. The summed E-state index contributed by atoms with van der Waals surface area (Å²) in [5, 5.41) is 6.34. The Bertz CT molecular complexity index is 545. The van der Waals surface area contributed by atoms with Crippen LogP contribution >= 0.6 is 0 Å². The molecule has 0 aromatic carbocycles. The van der Waals surface area contributed by atoms with Gasteiger partial charge in [-0.1, -0.05) is 5.16 Å². The van der Waals surface area contributed by atoms with E-state index in [0.717, 1.165) is 5.82 Å². The summed E-state index contributed by atoms with van der Waals surface area (Å²) in [5.41, 5.74) is 1.28. The maximum absolute atomic E-state index is 11.8. The third-order valence-electron chi connectivity index (χ3n) is 2.32. The summed E-state index contributed by atoms with van der Waals surface area (Å²) >= 11 is 0. The second kappa shape index (κ2) is 4.87. The third-order valence-corrected chi connectivity index (χ3v) is 2.32. The molecule has 94 valence electrons. The summed E-state index contributed by atoms with van der Waals surface area (Å²) in [5.74, 6) is 0.669. The van der Waals surface area contributed by atoms with E-state index < -0.39 is 0 Å². The molecule has 0 radical (unpaired) electrons. The number of hydrogen-bond donors (Lipinski definition) is 1. The molecule has 0 aliphatic heterocycles. The second-order valence-electron chi connectivity index (χ2n) is 4.09. The van der Waals surface area contributed by atoms with Crippen molar-refractivity contribution in [2.75, 3.05) is 24.3 Å². The molecule has 1 N–H and O–H groups in total. The van der Waals surface area contributed by atoms with Gasteiger partial charge in [-0.3, -0.25) is 4.79 Å². The van der Waals surface area contributed by atoms with Crippen LogP contribution in [0.2, 0.25) is 0 Å². The van der Waals surface area contributed by atoms with E-state index in [4.69, 9.17) is 4.52 Å². The largest absolute Gasteiger partial charge is 0.363 e. The summed E-state index contributed by atoms with van der Waals surface area (Å²) in [6, 6.07) is 5.18. The lowest BCUT2D eigenvalue weighted by atomic mass is 10.3. The van der Waals surface area contributed by atoms with Gasteiger partial charge in [-0.05, 0) is 19.1 Å². The number of rotatable bonds is 3. The number of anilines is 2. The molecule has 0 aliphatic rings. The Morgan fingerprint density at radius 2 is 2.17 bits per heavy atom. The Hall–Kier alpha value is -2.37. The summed E-state index contributed by atoms with van der Waals surface area (Å²) in [6.07, 6.45) is 1.59. The van der Waals surface area contributed by atoms with Crippen LogP contribution < -0.4 is 10.2 Å². The molecule has 0 saturated carbocycles. The lowest BCUT2D eigenvalue weighted by Gasteiger charge is -2.11. The smallest absolute Gasteiger partial charge is 0.294 e. The van der Waals surface area contributed by atoms with Crippen LogP contribution in [0.4, 0.5) is 11.5 Å². The van der Waals surface area contributed by atoms with Crippen molar-refractivity contribution in [2.24, 2.45) is 0 Å². The number of carbonyl (C=O) groups is 1. The topological polar surface area (TPSA) is 71.3 Å². The summed E-state index contributed by atoms with van der Waals surface area (Å²) in [4.78, 5) is 17.8. The summed E-state index contributed by atoms with van der Waals surface area (Å²) < 4.78 is 4.87. The first-order chi connectivity index (χ1) is 8.56. The van der Waals surface area contributed by atoms with E-state index >= 15 is 0 Å². The Morgan fingerprint density at radius 3 is 2.67 bits per heavy atom. The first-order valence-electron chi connectivity index (χ1n) is 5.44. The van der Waals surface area contributed by atoms with E-state index in [1.54, 1.807) is 25.3 Å². The molecule has 0 aliphatic carbocycles. The van der Waals surface area contributed by atoms with Crippen molar-refractivity contribution in [3.05, 3.63) is 35.9 Å². The molecule has 0 saturated heterocycles. The van der Waals surface area contributed by atoms with Crippen molar-refractivity contribution in [1.29, 1.82) is 0 Å². The zero-order valence-electron chi connectivity index (χ0n) is 10.5. The van der Waals surface area contributed by atoms with Gasteiger partial charge < -0.3 is 14.7 Å². The fourth-order valence-electron chi connectivity index (χ4n) is 1.39. The van der Waals surface area contributed by atoms with Gasteiger partial charge in [0.15, 0.2) is 0 Å². The predicted molar refractivity (Wildman–Crippen MR) is 67.8 cm³/mol. The van der Waals surface area contributed by atoms with Gasteiger partial charge >= 0.3 is 0 Å². The quantitative estimate of drug-likeness (QED) is 0.892. The number of nitrogens with one attached hydrogen (secondary N) is 1. The normalized spacial score (nSPS) is 10.2. The van der Waals surface area contributed by atoms with Crippen LogP contribution in [-0.4, -0.2) is 30.1 Å². The minimum atomic E-state index is -0.338. The van der Waals surface area contributed by atoms with Crippen molar-refractivity contribution in [2.45, 2.75) is 6.92 Å². The lowest BCUT2D eigenvalue weighted by Crippen LogP contribution is -2.13. The van der Waals surface area contributed by atoms with Crippen molar-refractivity contribution in [1.82, 2.24) is 10.1 Å². The van der Waals surface area contributed by atoms with Gasteiger partial charge in [0.25, 0.3) is 5.91 Å². The van der Waals surface area contributed by atoms with Gasteiger partial charge in [-0.25, -0.2) is 4.98 Å². The molecule has 0 fully saturated rings. The van der Waals surface area contributed by atoms with E-state index in [1.165, 1.54) is 0 Å². The van der Waals surface area contributed by atoms with Crippen LogP contribution in [-0.2, 0) is 0 Å². The molecule has 0 unspecified atom stereocenters. The zero-order valence-corrected chi connectivity index (χ0v) is 10.5. The minimum Gasteiger partial charge on any atom is -0.363 e. The van der Waals surface area contributed by atoms with Gasteiger partial charge in [0.05, 0.1) is 17.6 Å². The van der Waals surface area contributed by atoms with E-state index in [0.29, 0.717) is 11.4 Å². The average molecular weight is 246 g/mol. The molecular weight excluding hydrogens is 232 g/mol. The molecule has 2 heterocycles. The lowest BCUT2D eigenvalue weighted by molar-refractivity contribution is 0.0988. The molecule has 2 aromatic heterocycles. The van der Waals surface area contributed by atoms with Crippen LogP contribution in [0.25, 0.3) is 0 Å². The number of pyridine rings is 1. The van der Waals surface area contributed by atoms with Crippen LogP contribution in [0.3, 0.4) is 0 Å². The van der Waals surface area contributed by atoms with Crippen LogP contribution in [0.1, 0.15) is 16.2 Å². The van der Waals surface area contributed by atoms with Crippen molar-refractivity contribution < 1.29 is 9.32 Å². The first kappa shape index (κ1) is 12.1. The highest BCUT2D eigenvalue weighted by Gasteiger charge is 2.11. The standard InChI is InChI=1S/C12H14N4O2/c1-8-6-10(18-15-8)12(17)14-9-4-5-11(13-7-9)16(2)3/h4-7H,1-3H3,(H,14,17). The molecule has 6 nitrogen and oxygen atoms in total. The van der Waals surface area contributed by atoms with E-state index in [-0.39, 0.29) is 11.7 Å². The van der Waals surface area contributed by atoms with Crippen molar-refractivity contribution in [3.8, 4) is 0 Å². The fourth-order valence-corrected chi connectivity index (χ4v) is 1.39. The highest BCUT2D eigenvalue weighted by atomic mass is 16.5. The minimum absolute atomic E-state index is 0.184. The number of nitrogens with zero attached hydrogens (tertiary/aromatic N) is 3. The molecule has 0 spiro atoms. The first-order valence-corrected chi connectivity index (χ1v) is 5.44. The van der Waals surface area contributed by atoms with Crippen LogP contribution in [0.15, 0.2) is 28.9 Å². The molecule has 0 bridgehead atoms. The molecule has 6 heteroatoms. The molecule has 2 rings (SSSR count). The maximum Gasteiger partial charge on any atom is 0.294 e. The number of carbonyl (C=O) groups excluding carboxylic acids is 1. The Labute approximate surface area is 105 Å². The van der Waals surface area contributed by atoms with E-state index in [1.807, 2.05) is 25.1 Å². The van der Waals surface area contributed by atoms with Gasteiger partial charge in [0.1, 0.15) is 5.82 Å². The second-order valence-corrected chi connectivity index (χ2v) is 4.09. The third kappa shape index (κ3) is 2.65. The zero-order chi connectivity index (χ0) is 13.1. The Kier molecular flexibility index (Phi) is 3.27. The van der Waals surface area contributed by atoms with Crippen LogP contribution in [0.5, 0.6) is 0 Å². The highest BCUT2D eigenvalue weighted by molar-refractivity contribution is 6.02. The molecule has 18 heavy (non-hydrogen) atoms. The monoisotopic (exact) mass is 246 g/mol. The summed E-state index contributed by atoms with van der Waals surface area (Å²) in [7, 11) is 3.80. The van der Waals surface area contributed by atoms with Gasteiger partial charge in [-0.15, -0.1) is 0 Å². The van der Waals surface area contributed by atoms with Gasteiger partial charge in [0, 0.05) is 20.2 Å². The van der Waals surface area contributed by atoms with Crippen molar-refractivity contribution >= 4 is 17.4 Å².